The van der Waals surface area contributed by atoms with E-state index in [0.29, 0.717) is 0 Å². The summed E-state index contributed by atoms with van der Waals surface area (Å²) in [5.74, 6) is -0.531. The number of sulfone groups is 1. The summed E-state index contributed by atoms with van der Waals surface area (Å²) in [5.41, 5.74) is 0. The molecule has 7 nitrogen and oxygen atoms in total. The van der Waals surface area contributed by atoms with Crippen LogP contribution in [-0.2, 0) is 19.9 Å². The van der Waals surface area contributed by atoms with Crippen LogP contribution in [-0.4, -0.2) is 49.4 Å². The molecule has 1 N–H and O–H groups in total. The minimum absolute atomic E-state index is 0.0162. The highest BCUT2D eigenvalue weighted by Gasteiger charge is 2.44. The topological polar surface area (TPSA) is 100 Å². The van der Waals surface area contributed by atoms with Gasteiger partial charge in [-0.15, -0.1) is 0 Å². The van der Waals surface area contributed by atoms with Crippen LogP contribution in [0, 0.1) is 5.82 Å². The highest BCUT2D eigenvalue weighted by molar-refractivity contribution is 7.92. The molecular weight excluding hydrogens is 333 g/mol. The van der Waals surface area contributed by atoms with Crippen molar-refractivity contribution in [1.29, 1.82) is 0 Å². The number of hydrogen-bond donors (Lipinski definition) is 1. The van der Waals surface area contributed by atoms with Gasteiger partial charge in [0.25, 0.3) is 10.0 Å². The first kappa shape index (κ1) is 15.1. The van der Waals surface area contributed by atoms with Crippen molar-refractivity contribution in [3.8, 4) is 0 Å². The summed E-state index contributed by atoms with van der Waals surface area (Å²) in [5, 5.41) is -0.916. The van der Waals surface area contributed by atoms with Crippen molar-refractivity contribution in [2.45, 2.75) is 15.2 Å². The van der Waals surface area contributed by atoms with Gasteiger partial charge in [0.05, 0.1) is 22.7 Å². The van der Waals surface area contributed by atoms with Crippen molar-refractivity contribution in [3.05, 3.63) is 42.6 Å². The quantitative estimate of drug-likeness (QED) is 0.808. The second kappa shape index (κ2) is 5.14. The number of halogens is 1. The van der Waals surface area contributed by atoms with E-state index in [2.05, 4.69) is 9.97 Å². The van der Waals surface area contributed by atoms with Crippen molar-refractivity contribution in [3.63, 3.8) is 0 Å². The van der Waals surface area contributed by atoms with Gasteiger partial charge in [-0.3, -0.25) is 0 Å². The smallest absolute Gasteiger partial charge is 0.260 e. The summed E-state index contributed by atoms with van der Waals surface area (Å²) in [4.78, 5) is 6.11. The highest BCUT2D eigenvalue weighted by atomic mass is 32.2. The molecule has 1 aliphatic rings. The molecule has 0 saturated carbocycles. The maximum absolute atomic E-state index is 12.9. The lowest BCUT2D eigenvalue weighted by atomic mass is 10.3. The van der Waals surface area contributed by atoms with Gasteiger partial charge >= 0.3 is 0 Å². The fourth-order valence-electron chi connectivity index (χ4n) is 2.13. The van der Waals surface area contributed by atoms with E-state index < -0.39 is 30.9 Å². The average Bonchev–Trinajstić information content (AvgIpc) is 2.91. The fraction of sp³-hybridized carbons (Fsp3) is 0.250. The Morgan fingerprint density at radius 1 is 1.14 bits per heavy atom. The van der Waals surface area contributed by atoms with Gasteiger partial charge in [0, 0.05) is 13.1 Å². The molecule has 0 aliphatic carbocycles. The van der Waals surface area contributed by atoms with Gasteiger partial charge in [-0.2, -0.15) is 4.31 Å². The highest BCUT2D eigenvalue weighted by Crippen LogP contribution is 2.28. The molecule has 3 rings (SSSR count). The standard InChI is InChI=1S/C12H12FN3O4S2/c13-9-1-3-10(4-2-9)21(17,18)11-6-16(7-11)22(19,20)12-5-14-8-15-12/h1-5,8,11H,6-7H2,(H,14,15). The monoisotopic (exact) mass is 345 g/mol. The summed E-state index contributed by atoms with van der Waals surface area (Å²) in [6.07, 6.45) is 2.40. The molecule has 10 heteroatoms. The molecule has 2 heterocycles. The largest absolute Gasteiger partial charge is 0.335 e. The summed E-state index contributed by atoms with van der Waals surface area (Å²) in [6, 6.07) is 4.47. The molecule has 1 aromatic carbocycles. The average molecular weight is 345 g/mol. The van der Waals surface area contributed by atoms with E-state index in [1.54, 1.807) is 0 Å². The van der Waals surface area contributed by atoms with E-state index in [9.17, 15) is 21.2 Å². The molecule has 2 aromatic rings. The van der Waals surface area contributed by atoms with Gasteiger partial charge in [0.2, 0.25) is 0 Å². The summed E-state index contributed by atoms with van der Waals surface area (Å²) in [6.45, 7) is -0.276. The molecule has 1 saturated heterocycles. The van der Waals surface area contributed by atoms with E-state index in [4.69, 9.17) is 0 Å². The third-order valence-corrected chi connectivity index (χ3v) is 7.35. The van der Waals surface area contributed by atoms with Gasteiger partial charge in [-0.05, 0) is 24.3 Å². The second-order valence-electron chi connectivity index (χ2n) is 4.86. The Kier molecular flexibility index (Phi) is 3.54. The van der Waals surface area contributed by atoms with Gasteiger partial charge in [0.15, 0.2) is 14.9 Å². The normalized spacial score (nSPS) is 17.3. The van der Waals surface area contributed by atoms with Crippen molar-refractivity contribution >= 4 is 19.9 Å². The minimum atomic E-state index is -3.75. The van der Waals surface area contributed by atoms with E-state index in [-0.39, 0.29) is 23.0 Å². The lowest BCUT2D eigenvalue weighted by molar-refractivity contribution is 0.309. The van der Waals surface area contributed by atoms with Crippen LogP contribution < -0.4 is 0 Å². The fourth-order valence-corrected chi connectivity index (χ4v) is 5.40. The molecule has 1 aromatic heterocycles. The number of hydrogen-bond acceptors (Lipinski definition) is 5. The van der Waals surface area contributed by atoms with Crippen molar-refractivity contribution in [2.75, 3.05) is 13.1 Å². The molecule has 0 radical (unpaired) electrons. The molecule has 0 spiro atoms. The van der Waals surface area contributed by atoms with E-state index >= 15 is 0 Å². The lowest BCUT2D eigenvalue weighted by Crippen LogP contribution is -2.56. The Morgan fingerprint density at radius 2 is 1.77 bits per heavy atom. The van der Waals surface area contributed by atoms with Crippen LogP contribution in [0.3, 0.4) is 0 Å². The van der Waals surface area contributed by atoms with E-state index in [1.165, 1.54) is 18.5 Å². The second-order valence-corrected chi connectivity index (χ2v) is 8.99. The SMILES string of the molecule is O=S(=O)(c1ccc(F)cc1)C1CN(S(=O)(=O)c2cnc[nH]2)C1. The Hall–Kier alpha value is -1.78. The van der Waals surface area contributed by atoms with Crippen LogP contribution in [0.4, 0.5) is 4.39 Å². The zero-order valence-corrected chi connectivity index (χ0v) is 12.8. The Bertz CT molecular complexity index is 871. The zero-order chi connectivity index (χ0) is 16.0. The Balaban J connectivity index is 1.77. The molecule has 0 bridgehead atoms. The first-order chi connectivity index (χ1) is 10.3. The molecule has 1 aliphatic heterocycles. The molecular formula is C12H12FN3O4S2. The maximum Gasteiger partial charge on any atom is 0.260 e. The molecule has 0 unspecified atom stereocenters. The van der Waals surface area contributed by atoms with Crippen LogP contribution in [0.5, 0.6) is 0 Å². The summed E-state index contributed by atoms with van der Waals surface area (Å²) >= 11 is 0. The van der Waals surface area contributed by atoms with Gasteiger partial charge in [0.1, 0.15) is 5.82 Å². The van der Waals surface area contributed by atoms with E-state index in [1.807, 2.05) is 0 Å². The Labute approximate surface area is 126 Å². The van der Waals surface area contributed by atoms with Gasteiger partial charge in [-0.1, -0.05) is 0 Å². The predicted octanol–water partition coefficient (Wildman–Crippen LogP) is 0.396. The number of imidazole rings is 1. The third-order valence-electron chi connectivity index (χ3n) is 3.49. The predicted molar refractivity (Wildman–Crippen MR) is 74.7 cm³/mol. The molecule has 0 amide bonds. The van der Waals surface area contributed by atoms with Gasteiger partial charge in [-0.25, -0.2) is 26.2 Å². The van der Waals surface area contributed by atoms with Crippen molar-refractivity contribution < 1.29 is 21.2 Å². The molecule has 1 fully saturated rings. The Morgan fingerprint density at radius 3 is 2.32 bits per heavy atom. The number of nitrogens with one attached hydrogen (secondary N) is 1. The number of aromatic nitrogens is 2. The van der Waals surface area contributed by atoms with Gasteiger partial charge < -0.3 is 4.98 Å². The number of sulfonamides is 1. The minimum Gasteiger partial charge on any atom is -0.335 e. The van der Waals surface area contributed by atoms with Crippen molar-refractivity contribution in [1.82, 2.24) is 14.3 Å². The summed E-state index contributed by atoms with van der Waals surface area (Å²) in [7, 11) is -7.43. The number of nitrogens with zero attached hydrogens (tertiary/aromatic N) is 2. The third kappa shape index (κ3) is 2.42. The zero-order valence-electron chi connectivity index (χ0n) is 11.2. The van der Waals surface area contributed by atoms with Crippen LogP contribution in [0.15, 0.2) is 46.7 Å². The molecule has 118 valence electrons. The lowest BCUT2D eigenvalue weighted by Gasteiger charge is -2.36. The number of aromatic amines is 1. The maximum atomic E-state index is 12.9. The number of H-pyrrole nitrogens is 1. The van der Waals surface area contributed by atoms with Crippen LogP contribution in [0.1, 0.15) is 0 Å². The molecule has 22 heavy (non-hydrogen) atoms. The van der Waals surface area contributed by atoms with E-state index in [0.717, 1.165) is 22.6 Å². The summed E-state index contributed by atoms with van der Waals surface area (Å²) < 4.78 is 62.8. The first-order valence-corrected chi connectivity index (χ1v) is 9.28. The molecule has 0 atom stereocenters. The first-order valence-electron chi connectivity index (χ1n) is 6.30. The van der Waals surface area contributed by atoms with Crippen LogP contribution in [0.2, 0.25) is 0 Å². The number of benzene rings is 1. The number of rotatable bonds is 4. The van der Waals surface area contributed by atoms with Crippen LogP contribution >= 0.6 is 0 Å². The van der Waals surface area contributed by atoms with Crippen molar-refractivity contribution in [2.24, 2.45) is 0 Å². The van der Waals surface area contributed by atoms with Crippen LogP contribution in [0.25, 0.3) is 0 Å².